The molecular weight excluding hydrogens is 382 g/mol. The molecule has 134 valence electrons. The van der Waals surface area contributed by atoms with Gasteiger partial charge in [0, 0.05) is 16.5 Å². The fraction of sp³-hybridized carbons (Fsp3) is 0.0526. The van der Waals surface area contributed by atoms with Gasteiger partial charge >= 0.3 is 5.97 Å². The molecule has 0 aliphatic rings. The number of amides is 1. The third-order valence-electron chi connectivity index (χ3n) is 3.92. The van der Waals surface area contributed by atoms with Crippen LogP contribution in [-0.2, 0) is 4.74 Å². The smallest absolute Gasteiger partial charge is 0.337 e. The molecule has 0 bridgehead atoms. The molecule has 2 aromatic heterocycles. The second-order valence-electron chi connectivity index (χ2n) is 5.60. The summed E-state index contributed by atoms with van der Waals surface area (Å²) >= 11 is 2.84. The Kier molecular flexibility index (Phi) is 4.66. The summed E-state index contributed by atoms with van der Waals surface area (Å²) in [4.78, 5) is 32.6. The van der Waals surface area contributed by atoms with E-state index in [0.29, 0.717) is 16.3 Å². The molecule has 0 saturated carbocycles. The van der Waals surface area contributed by atoms with Crippen LogP contribution in [0.4, 0.5) is 5.13 Å². The topological polar surface area (TPSA) is 81.2 Å². The molecule has 0 aliphatic heterocycles. The Bertz CT molecular complexity index is 1130. The van der Waals surface area contributed by atoms with E-state index in [2.05, 4.69) is 15.3 Å². The Morgan fingerprint density at radius 2 is 1.81 bits per heavy atom. The van der Waals surface area contributed by atoms with Gasteiger partial charge in [0.25, 0.3) is 5.91 Å². The lowest BCUT2D eigenvalue weighted by Crippen LogP contribution is -2.11. The number of rotatable bonds is 4. The number of thiazole rings is 2. The van der Waals surface area contributed by atoms with Crippen LogP contribution in [0.2, 0.25) is 0 Å². The SMILES string of the molecule is COC(=O)c1ccc(-c2csc(NC(=O)c3ccc4ncsc4c3)n2)cc1. The third-order valence-corrected chi connectivity index (χ3v) is 5.47. The fourth-order valence-corrected chi connectivity index (χ4v) is 3.96. The summed E-state index contributed by atoms with van der Waals surface area (Å²) in [6.07, 6.45) is 0. The minimum atomic E-state index is -0.384. The molecule has 0 fully saturated rings. The molecule has 4 rings (SSSR count). The standard InChI is InChI=1S/C19H13N3O3S2/c1-25-18(24)12-4-2-11(3-5-12)15-9-26-19(21-15)22-17(23)13-6-7-14-16(8-13)27-10-20-14/h2-10H,1H3,(H,21,22,23). The van der Waals surface area contributed by atoms with Gasteiger partial charge in [0.1, 0.15) is 0 Å². The zero-order valence-corrected chi connectivity index (χ0v) is 15.8. The Labute approximate surface area is 162 Å². The largest absolute Gasteiger partial charge is 0.465 e. The van der Waals surface area contributed by atoms with E-state index in [9.17, 15) is 9.59 Å². The predicted molar refractivity (Wildman–Crippen MR) is 106 cm³/mol. The van der Waals surface area contributed by atoms with E-state index in [4.69, 9.17) is 4.74 Å². The van der Waals surface area contributed by atoms with Gasteiger partial charge in [-0.15, -0.1) is 22.7 Å². The van der Waals surface area contributed by atoms with E-state index in [1.165, 1.54) is 29.8 Å². The van der Waals surface area contributed by atoms with Crippen molar-refractivity contribution in [1.82, 2.24) is 9.97 Å². The first-order chi connectivity index (χ1) is 13.1. The van der Waals surface area contributed by atoms with Crippen LogP contribution in [0, 0.1) is 0 Å². The van der Waals surface area contributed by atoms with Gasteiger partial charge in [0.05, 0.1) is 34.1 Å². The van der Waals surface area contributed by atoms with Gasteiger partial charge in [-0.25, -0.2) is 14.8 Å². The number of nitrogens with zero attached hydrogens (tertiary/aromatic N) is 2. The van der Waals surface area contributed by atoms with Crippen molar-refractivity contribution >= 4 is 49.9 Å². The number of carbonyl (C=O) groups is 2. The Morgan fingerprint density at radius 3 is 2.59 bits per heavy atom. The van der Waals surface area contributed by atoms with E-state index >= 15 is 0 Å². The predicted octanol–water partition coefficient (Wildman–Crippen LogP) is 4.46. The molecule has 1 N–H and O–H groups in total. The Morgan fingerprint density at radius 1 is 1.04 bits per heavy atom. The van der Waals surface area contributed by atoms with Crippen LogP contribution in [0.3, 0.4) is 0 Å². The van der Waals surface area contributed by atoms with E-state index in [1.54, 1.807) is 35.8 Å². The van der Waals surface area contributed by atoms with Crippen LogP contribution >= 0.6 is 22.7 Å². The van der Waals surface area contributed by atoms with Crippen LogP contribution in [-0.4, -0.2) is 29.0 Å². The highest BCUT2D eigenvalue weighted by Crippen LogP contribution is 2.26. The monoisotopic (exact) mass is 395 g/mol. The number of carbonyl (C=O) groups excluding carboxylic acids is 2. The maximum absolute atomic E-state index is 12.5. The average molecular weight is 395 g/mol. The zero-order chi connectivity index (χ0) is 18.8. The number of esters is 1. The van der Waals surface area contributed by atoms with Crippen molar-refractivity contribution in [1.29, 1.82) is 0 Å². The molecule has 0 unspecified atom stereocenters. The first kappa shape index (κ1) is 17.3. The Balaban J connectivity index is 1.50. The summed E-state index contributed by atoms with van der Waals surface area (Å²) in [7, 11) is 1.35. The minimum absolute atomic E-state index is 0.216. The normalized spacial score (nSPS) is 10.7. The van der Waals surface area contributed by atoms with Crippen molar-refractivity contribution in [3.05, 3.63) is 64.5 Å². The second-order valence-corrected chi connectivity index (χ2v) is 7.34. The lowest BCUT2D eigenvalue weighted by molar-refractivity contribution is 0.0600. The molecule has 8 heteroatoms. The molecule has 0 spiro atoms. The molecule has 0 aliphatic carbocycles. The number of methoxy groups -OCH3 is 1. The highest BCUT2D eigenvalue weighted by Gasteiger charge is 2.12. The molecule has 2 heterocycles. The highest BCUT2D eigenvalue weighted by molar-refractivity contribution is 7.16. The molecule has 1 amide bonds. The number of anilines is 1. The quantitative estimate of drug-likeness (QED) is 0.516. The summed E-state index contributed by atoms with van der Waals surface area (Å²) < 4.78 is 5.66. The van der Waals surface area contributed by atoms with Gasteiger partial charge in [-0.1, -0.05) is 12.1 Å². The summed E-state index contributed by atoms with van der Waals surface area (Å²) in [6.45, 7) is 0. The van der Waals surface area contributed by atoms with E-state index in [0.717, 1.165) is 21.5 Å². The van der Waals surface area contributed by atoms with Gasteiger partial charge in [-0.3, -0.25) is 10.1 Å². The van der Waals surface area contributed by atoms with Gasteiger partial charge in [-0.05, 0) is 30.3 Å². The summed E-state index contributed by atoms with van der Waals surface area (Å²) in [5.41, 5.74) is 5.25. The first-order valence-corrected chi connectivity index (χ1v) is 9.69. The highest BCUT2D eigenvalue weighted by atomic mass is 32.1. The zero-order valence-electron chi connectivity index (χ0n) is 14.1. The molecular formula is C19H13N3O3S2. The van der Waals surface area contributed by atoms with Crippen molar-refractivity contribution < 1.29 is 14.3 Å². The van der Waals surface area contributed by atoms with Crippen molar-refractivity contribution in [2.24, 2.45) is 0 Å². The fourth-order valence-electron chi connectivity index (χ4n) is 2.52. The van der Waals surface area contributed by atoms with Crippen LogP contribution < -0.4 is 5.32 Å². The van der Waals surface area contributed by atoms with Gasteiger partial charge in [0.15, 0.2) is 5.13 Å². The second kappa shape index (κ2) is 7.26. The van der Waals surface area contributed by atoms with Crippen LogP contribution in [0.25, 0.3) is 21.5 Å². The van der Waals surface area contributed by atoms with E-state index in [-0.39, 0.29) is 11.9 Å². The molecule has 6 nitrogen and oxygen atoms in total. The molecule has 4 aromatic rings. The molecule has 0 radical (unpaired) electrons. The third kappa shape index (κ3) is 3.57. The number of aromatic nitrogens is 2. The van der Waals surface area contributed by atoms with Crippen molar-refractivity contribution in [3.8, 4) is 11.3 Å². The number of hydrogen-bond donors (Lipinski definition) is 1. The number of hydrogen-bond acceptors (Lipinski definition) is 7. The van der Waals surface area contributed by atoms with Gasteiger partial charge < -0.3 is 4.74 Å². The van der Waals surface area contributed by atoms with E-state index in [1.807, 2.05) is 17.5 Å². The summed E-state index contributed by atoms with van der Waals surface area (Å²) in [5.74, 6) is -0.599. The van der Waals surface area contributed by atoms with Crippen molar-refractivity contribution in [2.45, 2.75) is 0 Å². The number of ether oxygens (including phenoxy) is 1. The maximum atomic E-state index is 12.5. The molecule has 0 saturated heterocycles. The van der Waals surface area contributed by atoms with Gasteiger partial charge in [-0.2, -0.15) is 0 Å². The lowest BCUT2D eigenvalue weighted by atomic mass is 10.1. The first-order valence-electron chi connectivity index (χ1n) is 7.93. The number of fused-ring (bicyclic) bond motifs is 1. The Hall–Kier alpha value is -3.10. The molecule has 0 atom stereocenters. The van der Waals surface area contributed by atoms with E-state index < -0.39 is 0 Å². The van der Waals surface area contributed by atoms with Crippen molar-refractivity contribution in [3.63, 3.8) is 0 Å². The molecule has 2 aromatic carbocycles. The van der Waals surface area contributed by atoms with Crippen molar-refractivity contribution in [2.75, 3.05) is 12.4 Å². The summed E-state index contributed by atoms with van der Waals surface area (Å²) in [6, 6.07) is 12.4. The van der Waals surface area contributed by atoms with Crippen LogP contribution in [0.5, 0.6) is 0 Å². The van der Waals surface area contributed by atoms with Crippen LogP contribution in [0.15, 0.2) is 53.4 Å². The average Bonchev–Trinajstić information content (AvgIpc) is 3.36. The number of benzene rings is 2. The lowest BCUT2D eigenvalue weighted by Gasteiger charge is -2.02. The number of nitrogens with one attached hydrogen (secondary N) is 1. The molecule has 27 heavy (non-hydrogen) atoms. The van der Waals surface area contributed by atoms with Gasteiger partial charge in [0.2, 0.25) is 0 Å². The summed E-state index contributed by atoms with van der Waals surface area (Å²) in [5, 5.41) is 5.19. The maximum Gasteiger partial charge on any atom is 0.337 e. The van der Waals surface area contributed by atoms with Crippen LogP contribution in [0.1, 0.15) is 20.7 Å². The minimum Gasteiger partial charge on any atom is -0.465 e.